The van der Waals surface area contributed by atoms with Gasteiger partial charge in [0.05, 0.1) is 12.6 Å². The Morgan fingerprint density at radius 1 is 0.852 bits per heavy atom. The summed E-state index contributed by atoms with van der Waals surface area (Å²) < 4.78 is 2.15. The maximum Gasteiger partial charge on any atom is 0.225 e. The van der Waals surface area contributed by atoms with Crippen LogP contribution in [0.3, 0.4) is 0 Å². The summed E-state index contributed by atoms with van der Waals surface area (Å²) in [6.45, 7) is 4.68. The molecular weight excluding hydrogens is 338 g/mol. The van der Waals surface area contributed by atoms with Gasteiger partial charge in [0.1, 0.15) is 12.2 Å². The lowest BCUT2D eigenvalue weighted by Gasteiger charge is -2.34. The van der Waals surface area contributed by atoms with E-state index in [1.54, 1.807) is 18.7 Å². The third kappa shape index (κ3) is 3.30. The molecule has 1 aliphatic heterocycles. The number of rotatable bonds is 4. The largest absolute Gasteiger partial charge is 0.338 e. The molecule has 0 unspecified atom stereocenters. The number of benzene rings is 1. The fourth-order valence-electron chi connectivity index (χ4n) is 4.16. The Morgan fingerprint density at radius 3 is 2.26 bits per heavy atom. The molecule has 3 aromatic rings. The Labute approximate surface area is 158 Å². The van der Waals surface area contributed by atoms with E-state index in [1.165, 1.54) is 11.1 Å². The predicted molar refractivity (Wildman–Crippen MR) is 102 cm³/mol. The minimum atomic E-state index is 0.388. The van der Waals surface area contributed by atoms with E-state index in [-0.39, 0.29) is 0 Å². The third-order valence-electron chi connectivity index (χ3n) is 5.59. The van der Waals surface area contributed by atoms with Crippen molar-refractivity contribution in [1.82, 2.24) is 29.6 Å². The fraction of sp³-hybridized carbons (Fsp3) is 0.400. The highest BCUT2D eigenvalue weighted by molar-refractivity contribution is 5.33. The van der Waals surface area contributed by atoms with Crippen LogP contribution < -0.4 is 4.90 Å². The van der Waals surface area contributed by atoms with Gasteiger partial charge in [0, 0.05) is 38.6 Å². The predicted octanol–water partition coefficient (Wildman–Crippen LogP) is 1.73. The smallest absolute Gasteiger partial charge is 0.225 e. The molecule has 7 nitrogen and oxygen atoms in total. The molecule has 0 amide bonds. The SMILES string of the molecule is c1cnc(N2CCN(Cc3ncnn3C3Cc4ccccc4C3)CC2)nc1. The van der Waals surface area contributed by atoms with Gasteiger partial charge in [-0.1, -0.05) is 24.3 Å². The number of nitrogens with zero attached hydrogens (tertiary/aromatic N) is 7. The number of anilines is 1. The maximum absolute atomic E-state index is 4.57. The van der Waals surface area contributed by atoms with E-state index >= 15 is 0 Å². The Morgan fingerprint density at radius 2 is 1.56 bits per heavy atom. The van der Waals surface area contributed by atoms with Gasteiger partial charge in [-0.15, -0.1) is 0 Å². The first-order valence-corrected chi connectivity index (χ1v) is 9.56. The quantitative estimate of drug-likeness (QED) is 0.705. The monoisotopic (exact) mass is 361 g/mol. The molecular formula is C20H23N7. The lowest BCUT2D eigenvalue weighted by Crippen LogP contribution is -2.46. The van der Waals surface area contributed by atoms with Gasteiger partial charge in [0.2, 0.25) is 5.95 Å². The molecule has 0 saturated carbocycles. The minimum absolute atomic E-state index is 0.388. The highest BCUT2D eigenvalue weighted by atomic mass is 15.4. The number of hydrogen-bond donors (Lipinski definition) is 0. The molecule has 0 spiro atoms. The van der Waals surface area contributed by atoms with Crippen molar-refractivity contribution in [2.75, 3.05) is 31.1 Å². The van der Waals surface area contributed by atoms with Crippen LogP contribution >= 0.6 is 0 Å². The van der Waals surface area contributed by atoms with Crippen LogP contribution in [0.1, 0.15) is 23.0 Å². The lowest BCUT2D eigenvalue weighted by molar-refractivity contribution is 0.235. The molecule has 0 N–H and O–H groups in total. The molecule has 3 heterocycles. The Balaban J connectivity index is 1.23. The van der Waals surface area contributed by atoms with Crippen molar-refractivity contribution >= 4 is 5.95 Å². The minimum Gasteiger partial charge on any atom is -0.338 e. The topological polar surface area (TPSA) is 63.0 Å². The van der Waals surface area contributed by atoms with Crippen molar-refractivity contribution < 1.29 is 0 Å². The summed E-state index contributed by atoms with van der Waals surface area (Å²) in [4.78, 5) is 18.0. The van der Waals surface area contributed by atoms with Crippen LogP contribution in [-0.2, 0) is 19.4 Å². The zero-order chi connectivity index (χ0) is 18.1. The highest BCUT2D eigenvalue weighted by Gasteiger charge is 2.26. The van der Waals surface area contributed by atoms with Crippen LogP contribution in [0, 0.1) is 0 Å². The molecule has 5 rings (SSSR count). The molecule has 1 aromatic carbocycles. The van der Waals surface area contributed by atoms with Crippen LogP contribution in [0.5, 0.6) is 0 Å². The molecule has 0 bridgehead atoms. The molecule has 1 aliphatic carbocycles. The summed E-state index contributed by atoms with van der Waals surface area (Å²) in [5.41, 5.74) is 2.89. The van der Waals surface area contributed by atoms with E-state index in [4.69, 9.17) is 0 Å². The zero-order valence-corrected chi connectivity index (χ0v) is 15.3. The van der Waals surface area contributed by atoms with Crippen LogP contribution in [0.4, 0.5) is 5.95 Å². The van der Waals surface area contributed by atoms with Crippen molar-refractivity contribution in [3.63, 3.8) is 0 Å². The maximum atomic E-state index is 4.57. The number of aromatic nitrogens is 5. The average molecular weight is 361 g/mol. The van der Waals surface area contributed by atoms with E-state index in [2.05, 4.69) is 58.8 Å². The average Bonchev–Trinajstić information content (AvgIpc) is 3.35. The van der Waals surface area contributed by atoms with E-state index in [0.29, 0.717) is 6.04 Å². The van der Waals surface area contributed by atoms with Crippen LogP contribution in [0.25, 0.3) is 0 Å². The zero-order valence-electron chi connectivity index (χ0n) is 15.3. The van der Waals surface area contributed by atoms with Gasteiger partial charge in [-0.25, -0.2) is 19.6 Å². The summed E-state index contributed by atoms with van der Waals surface area (Å²) in [6.07, 6.45) is 7.40. The van der Waals surface area contributed by atoms with Crippen molar-refractivity contribution in [1.29, 1.82) is 0 Å². The standard InChI is InChI=1S/C20H23N7/c1-2-5-17-13-18(12-16(17)4-1)27-19(23-15-24-27)14-25-8-10-26(11-9-25)20-21-6-3-7-22-20/h1-7,15,18H,8-14H2. The van der Waals surface area contributed by atoms with E-state index in [0.717, 1.165) is 57.3 Å². The second kappa shape index (κ2) is 7.08. The van der Waals surface area contributed by atoms with Gasteiger partial charge < -0.3 is 4.90 Å². The van der Waals surface area contributed by atoms with Crippen molar-refractivity contribution in [2.24, 2.45) is 0 Å². The van der Waals surface area contributed by atoms with Crippen molar-refractivity contribution in [2.45, 2.75) is 25.4 Å². The van der Waals surface area contributed by atoms with Gasteiger partial charge in [-0.05, 0) is 30.0 Å². The first-order valence-electron chi connectivity index (χ1n) is 9.56. The van der Waals surface area contributed by atoms with Gasteiger partial charge >= 0.3 is 0 Å². The van der Waals surface area contributed by atoms with Gasteiger partial charge in [-0.2, -0.15) is 5.10 Å². The Bertz CT molecular complexity index is 874. The van der Waals surface area contributed by atoms with E-state index in [1.807, 2.05) is 6.07 Å². The second-order valence-electron chi connectivity index (χ2n) is 7.26. The van der Waals surface area contributed by atoms with Crippen LogP contribution in [-0.4, -0.2) is 55.8 Å². The van der Waals surface area contributed by atoms with Crippen molar-refractivity contribution in [3.05, 3.63) is 66.0 Å². The molecule has 7 heteroatoms. The first-order chi connectivity index (χ1) is 13.4. The van der Waals surface area contributed by atoms with Crippen LogP contribution in [0.15, 0.2) is 49.1 Å². The second-order valence-corrected chi connectivity index (χ2v) is 7.26. The Hall–Kier alpha value is -2.80. The lowest BCUT2D eigenvalue weighted by atomic mass is 10.1. The van der Waals surface area contributed by atoms with Gasteiger partial charge in [0.25, 0.3) is 0 Å². The molecule has 27 heavy (non-hydrogen) atoms. The summed E-state index contributed by atoms with van der Waals surface area (Å²) in [7, 11) is 0. The van der Waals surface area contributed by atoms with Gasteiger partial charge in [-0.3, -0.25) is 4.90 Å². The molecule has 1 fully saturated rings. The number of hydrogen-bond acceptors (Lipinski definition) is 6. The van der Waals surface area contributed by atoms with E-state index < -0.39 is 0 Å². The van der Waals surface area contributed by atoms with Crippen LogP contribution in [0.2, 0.25) is 0 Å². The molecule has 0 atom stereocenters. The summed E-state index contributed by atoms with van der Waals surface area (Å²) in [5, 5.41) is 4.56. The molecule has 2 aliphatic rings. The van der Waals surface area contributed by atoms with Gasteiger partial charge in [0.15, 0.2) is 0 Å². The normalized spacial score (nSPS) is 18.0. The molecule has 2 aromatic heterocycles. The highest BCUT2D eigenvalue weighted by Crippen LogP contribution is 2.30. The summed E-state index contributed by atoms with van der Waals surface area (Å²) >= 11 is 0. The number of fused-ring (bicyclic) bond motifs is 1. The fourth-order valence-corrected chi connectivity index (χ4v) is 4.16. The van der Waals surface area contributed by atoms with Crippen molar-refractivity contribution in [3.8, 4) is 0 Å². The molecule has 138 valence electrons. The summed E-state index contributed by atoms with van der Waals surface area (Å²) in [6, 6.07) is 11.0. The Kier molecular flexibility index (Phi) is 4.29. The van der Waals surface area contributed by atoms with E-state index in [9.17, 15) is 0 Å². The number of piperazine rings is 1. The summed E-state index contributed by atoms with van der Waals surface area (Å²) in [5.74, 6) is 1.89. The first kappa shape index (κ1) is 16.4. The molecule has 0 radical (unpaired) electrons. The molecule has 1 saturated heterocycles. The third-order valence-corrected chi connectivity index (χ3v) is 5.59.